The summed E-state index contributed by atoms with van der Waals surface area (Å²) >= 11 is 0. The quantitative estimate of drug-likeness (QED) is 0.476. The SMILES string of the molecule is CC(C)S(=O)c1ccccc1-c1cn(CCCC[Si](O)(O)O)nn1. The van der Waals surface area contributed by atoms with Gasteiger partial charge in [0.25, 0.3) is 0 Å². The van der Waals surface area contributed by atoms with Gasteiger partial charge in [0.1, 0.15) is 5.69 Å². The molecule has 0 aliphatic heterocycles. The second-order valence-corrected chi connectivity index (χ2v) is 9.97. The van der Waals surface area contributed by atoms with E-state index >= 15 is 0 Å². The summed E-state index contributed by atoms with van der Waals surface area (Å²) in [6.45, 7) is 4.39. The minimum Gasteiger partial charge on any atom is -0.390 e. The zero-order valence-corrected chi connectivity index (χ0v) is 15.6. The van der Waals surface area contributed by atoms with Crippen LogP contribution >= 0.6 is 0 Å². The van der Waals surface area contributed by atoms with E-state index in [1.807, 2.05) is 38.1 Å². The van der Waals surface area contributed by atoms with E-state index in [1.165, 1.54) is 0 Å². The molecule has 3 N–H and O–H groups in total. The number of unbranched alkanes of at least 4 members (excludes halogenated alkanes) is 1. The van der Waals surface area contributed by atoms with E-state index in [-0.39, 0.29) is 11.3 Å². The average Bonchev–Trinajstić information content (AvgIpc) is 2.98. The monoisotopic (exact) mass is 369 g/mol. The maximum absolute atomic E-state index is 12.4. The smallest absolute Gasteiger partial charge is 0.390 e. The minimum atomic E-state index is -3.95. The third-order valence-corrected chi connectivity index (χ3v) is 6.17. The van der Waals surface area contributed by atoms with E-state index in [0.717, 1.165) is 10.5 Å². The predicted molar refractivity (Wildman–Crippen MR) is 93.5 cm³/mol. The summed E-state index contributed by atoms with van der Waals surface area (Å²) in [6.07, 6.45) is 2.94. The van der Waals surface area contributed by atoms with Crippen LogP contribution in [0.25, 0.3) is 11.3 Å². The highest BCUT2D eigenvalue weighted by atomic mass is 32.2. The van der Waals surface area contributed by atoms with Crippen molar-refractivity contribution in [2.24, 2.45) is 0 Å². The molecule has 0 aliphatic rings. The molecule has 24 heavy (non-hydrogen) atoms. The Morgan fingerprint density at radius 1 is 1.21 bits per heavy atom. The molecule has 0 aliphatic carbocycles. The first-order valence-corrected chi connectivity index (χ1v) is 11.1. The van der Waals surface area contributed by atoms with Gasteiger partial charge in [0.15, 0.2) is 0 Å². The van der Waals surface area contributed by atoms with Crippen molar-refractivity contribution in [3.8, 4) is 11.3 Å². The molecule has 1 aromatic heterocycles. The largest absolute Gasteiger partial charge is 0.492 e. The van der Waals surface area contributed by atoms with Gasteiger partial charge in [0.2, 0.25) is 0 Å². The lowest BCUT2D eigenvalue weighted by Gasteiger charge is -2.09. The Hall–Kier alpha value is -1.39. The maximum atomic E-state index is 12.4. The summed E-state index contributed by atoms with van der Waals surface area (Å²) in [5.74, 6) is 0. The molecule has 0 saturated heterocycles. The Labute approximate surface area is 144 Å². The summed E-state index contributed by atoms with van der Waals surface area (Å²) in [4.78, 5) is 27.7. The highest BCUT2D eigenvalue weighted by Crippen LogP contribution is 2.25. The van der Waals surface area contributed by atoms with Crippen molar-refractivity contribution < 1.29 is 18.6 Å². The van der Waals surface area contributed by atoms with Gasteiger partial charge in [0.05, 0.1) is 17.0 Å². The normalized spacial score (nSPS) is 13.4. The number of hydrogen-bond acceptors (Lipinski definition) is 6. The molecule has 0 spiro atoms. The summed E-state index contributed by atoms with van der Waals surface area (Å²) in [6, 6.07) is 7.48. The average molecular weight is 370 g/mol. The number of aryl methyl sites for hydroxylation is 1. The van der Waals surface area contributed by atoms with Crippen molar-refractivity contribution in [1.82, 2.24) is 15.0 Å². The van der Waals surface area contributed by atoms with Gasteiger partial charge in [-0.1, -0.05) is 37.3 Å². The van der Waals surface area contributed by atoms with Gasteiger partial charge in [-0.2, -0.15) is 0 Å². The molecule has 2 aromatic rings. The number of rotatable bonds is 8. The number of nitrogens with zero attached hydrogens (tertiary/aromatic N) is 3. The Bertz CT molecular complexity index is 700. The first-order chi connectivity index (χ1) is 11.3. The Kier molecular flexibility index (Phi) is 6.41. The molecule has 7 nitrogen and oxygen atoms in total. The molecule has 1 aromatic carbocycles. The molecule has 0 fully saturated rings. The number of hydrogen-bond donors (Lipinski definition) is 3. The van der Waals surface area contributed by atoms with Crippen LogP contribution in [0.3, 0.4) is 0 Å². The van der Waals surface area contributed by atoms with Crippen molar-refractivity contribution >= 4 is 19.6 Å². The molecule has 0 saturated carbocycles. The van der Waals surface area contributed by atoms with Crippen molar-refractivity contribution in [2.45, 2.75) is 49.4 Å². The summed E-state index contributed by atoms with van der Waals surface area (Å²) in [5, 5.41) is 8.23. The fourth-order valence-electron chi connectivity index (χ4n) is 2.27. The molecule has 0 amide bonds. The third kappa shape index (κ3) is 5.31. The lowest BCUT2D eigenvalue weighted by Crippen LogP contribution is -2.34. The third-order valence-electron chi connectivity index (χ3n) is 3.50. The zero-order chi connectivity index (χ0) is 17.7. The molecule has 132 valence electrons. The van der Waals surface area contributed by atoms with E-state index in [9.17, 15) is 4.21 Å². The van der Waals surface area contributed by atoms with E-state index in [4.69, 9.17) is 14.4 Å². The Morgan fingerprint density at radius 2 is 1.92 bits per heavy atom. The van der Waals surface area contributed by atoms with E-state index in [2.05, 4.69) is 10.3 Å². The van der Waals surface area contributed by atoms with Crippen LogP contribution in [-0.2, 0) is 17.3 Å². The van der Waals surface area contributed by atoms with Crippen LogP contribution in [-0.4, -0.2) is 47.6 Å². The highest BCUT2D eigenvalue weighted by molar-refractivity contribution is 7.85. The topological polar surface area (TPSA) is 108 Å². The van der Waals surface area contributed by atoms with Crippen LogP contribution in [0, 0.1) is 0 Å². The second kappa shape index (κ2) is 8.12. The van der Waals surface area contributed by atoms with Crippen LogP contribution in [0.5, 0.6) is 0 Å². The highest BCUT2D eigenvalue weighted by Gasteiger charge is 2.25. The van der Waals surface area contributed by atoms with Crippen LogP contribution in [0.4, 0.5) is 0 Å². The Balaban J connectivity index is 2.07. The van der Waals surface area contributed by atoms with Crippen LogP contribution in [0.1, 0.15) is 26.7 Å². The molecule has 2 rings (SSSR count). The molecule has 1 atom stereocenters. The fraction of sp³-hybridized carbons (Fsp3) is 0.467. The van der Waals surface area contributed by atoms with Gasteiger partial charge >= 0.3 is 8.80 Å². The summed E-state index contributed by atoms with van der Waals surface area (Å²) in [5.41, 5.74) is 1.47. The van der Waals surface area contributed by atoms with Gasteiger partial charge < -0.3 is 14.4 Å². The van der Waals surface area contributed by atoms with Gasteiger partial charge in [-0.3, -0.25) is 8.89 Å². The molecular weight excluding hydrogens is 346 g/mol. The van der Waals surface area contributed by atoms with Crippen molar-refractivity contribution in [2.75, 3.05) is 0 Å². The van der Waals surface area contributed by atoms with Gasteiger partial charge in [0, 0.05) is 28.3 Å². The molecule has 0 bridgehead atoms. The molecule has 0 radical (unpaired) electrons. The van der Waals surface area contributed by atoms with Gasteiger partial charge in [-0.25, -0.2) is 0 Å². The first-order valence-electron chi connectivity index (χ1n) is 7.85. The maximum Gasteiger partial charge on any atom is 0.492 e. The second-order valence-electron chi connectivity index (χ2n) is 5.94. The van der Waals surface area contributed by atoms with Crippen LogP contribution < -0.4 is 0 Å². The fourth-order valence-corrected chi connectivity index (χ4v) is 4.11. The number of benzene rings is 1. The van der Waals surface area contributed by atoms with Crippen LogP contribution in [0.2, 0.25) is 6.04 Å². The van der Waals surface area contributed by atoms with Crippen molar-refractivity contribution in [3.63, 3.8) is 0 Å². The van der Waals surface area contributed by atoms with Crippen LogP contribution in [0.15, 0.2) is 35.4 Å². The molecule has 1 unspecified atom stereocenters. The van der Waals surface area contributed by atoms with E-state index < -0.39 is 19.6 Å². The van der Waals surface area contributed by atoms with Gasteiger partial charge in [-0.15, -0.1) is 5.10 Å². The van der Waals surface area contributed by atoms with Crippen molar-refractivity contribution in [1.29, 1.82) is 0 Å². The standard InChI is InChI=1S/C15H23N3O4SSi/c1-12(2)23(19)15-8-4-3-7-13(15)14-11-18(17-16-14)9-5-6-10-24(20,21)22/h3-4,7-8,11-12,20-22H,5-6,9-10H2,1-2H3. The zero-order valence-electron chi connectivity index (χ0n) is 13.8. The Morgan fingerprint density at radius 3 is 2.58 bits per heavy atom. The summed E-state index contributed by atoms with van der Waals surface area (Å²) in [7, 11) is -5.06. The predicted octanol–water partition coefficient (Wildman–Crippen LogP) is 1.16. The first kappa shape index (κ1) is 18.9. The van der Waals surface area contributed by atoms with E-state index in [0.29, 0.717) is 25.1 Å². The number of aromatic nitrogens is 3. The van der Waals surface area contributed by atoms with Gasteiger partial charge in [-0.05, 0) is 18.9 Å². The molecule has 9 heteroatoms. The lowest BCUT2D eigenvalue weighted by atomic mass is 10.2. The minimum absolute atomic E-state index is 0.0149. The van der Waals surface area contributed by atoms with Crippen molar-refractivity contribution in [3.05, 3.63) is 30.5 Å². The molecule has 1 heterocycles. The van der Waals surface area contributed by atoms with E-state index in [1.54, 1.807) is 10.9 Å². The lowest BCUT2D eigenvalue weighted by molar-refractivity contribution is 0.225. The summed E-state index contributed by atoms with van der Waals surface area (Å²) < 4.78 is 14.1. The molecular formula is C15H23N3O4SSi.